The number of rotatable bonds is 5. The lowest BCUT2D eigenvalue weighted by Crippen LogP contribution is -2.18. The van der Waals surface area contributed by atoms with Crippen LogP contribution < -0.4 is 9.05 Å². The Morgan fingerprint density at radius 3 is 1.20 bits per heavy atom. The fourth-order valence-electron chi connectivity index (χ4n) is 6.87. The zero-order valence-corrected chi connectivity index (χ0v) is 35.3. The van der Waals surface area contributed by atoms with E-state index in [9.17, 15) is 0 Å². The Bertz CT molecular complexity index is 2710. The second kappa shape index (κ2) is 14.3. The molecule has 0 unspecified atom stereocenters. The van der Waals surface area contributed by atoms with Gasteiger partial charge in [0.1, 0.15) is 33.8 Å². The highest BCUT2D eigenvalue weighted by Gasteiger charge is 2.30. The first-order chi connectivity index (χ1) is 26.6. The van der Waals surface area contributed by atoms with Gasteiger partial charge in [0.15, 0.2) is 0 Å². The van der Waals surface area contributed by atoms with E-state index >= 15 is 0 Å². The van der Waals surface area contributed by atoms with Gasteiger partial charge in [-0.3, -0.25) is 0 Å². The van der Waals surface area contributed by atoms with E-state index in [1.54, 1.807) is 0 Å². The van der Waals surface area contributed by atoms with Gasteiger partial charge in [0.25, 0.3) is 0 Å². The van der Waals surface area contributed by atoms with Gasteiger partial charge < -0.3 is 25.8 Å². The van der Waals surface area contributed by atoms with E-state index in [4.69, 9.17) is 25.8 Å². The van der Waals surface area contributed by atoms with Crippen molar-refractivity contribution in [1.82, 2.24) is 0 Å². The average Bonchev–Trinajstić information content (AvgIpc) is 3.41. The number of hydrogen-bond acceptors (Lipinski definition) is 6. The molecule has 8 heteroatoms. The topological polar surface area (TPSA) is 71.0 Å². The molecule has 286 valence electrons. The zero-order valence-electron chi connectivity index (χ0n) is 33.5. The monoisotopic (exact) mass is 782 g/mol. The predicted octanol–water partition coefficient (Wildman–Crippen LogP) is 16.1. The molecule has 0 aliphatic heterocycles. The minimum absolute atomic E-state index is 0.160. The highest BCUT2D eigenvalue weighted by Crippen LogP contribution is 2.51. The highest BCUT2D eigenvalue weighted by molar-refractivity contribution is 7.32. The summed E-state index contributed by atoms with van der Waals surface area (Å²) in [6.45, 7) is 20.0. The minimum Gasteiger partial charge on any atom is -0.390 e. The summed E-state index contributed by atoms with van der Waals surface area (Å²) >= 11 is 0. The lowest BCUT2D eigenvalue weighted by Gasteiger charge is -2.29. The number of fused-ring (bicyclic) bond motifs is 6. The van der Waals surface area contributed by atoms with E-state index < -0.39 is 16.5 Å². The molecular formula is C48H48O6P2. The van der Waals surface area contributed by atoms with Crippen LogP contribution in [-0.2, 0) is 16.2 Å². The molecule has 0 aliphatic rings. The first-order valence-electron chi connectivity index (χ1n) is 19.0. The van der Waals surface area contributed by atoms with Gasteiger partial charge in [-0.25, -0.2) is 0 Å². The van der Waals surface area contributed by atoms with Crippen LogP contribution in [0.2, 0.25) is 0 Å². The molecule has 8 aromatic rings. The first-order valence-corrected chi connectivity index (χ1v) is 21.2. The van der Waals surface area contributed by atoms with Crippen molar-refractivity contribution in [2.45, 2.75) is 78.6 Å². The van der Waals surface area contributed by atoms with Gasteiger partial charge in [0.2, 0.25) is 0 Å². The number of benzene rings is 6. The van der Waals surface area contributed by atoms with Crippen LogP contribution in [0.25, 0.3) is 55.0 Å². The van der Waals surface area contributed by atoms with E-state index in [0.29, 0.717) is 33.8 Å². The number of hydrogen-bond donors (Lipinski definition) is 0. The van der Waals surface area contributed by atoms with Gasteiger partial charge in [-0.2, -0.15) is 0 Å². The summed E-state index contributed by atoms with van der Waals surface area (Å²) in [6.07, 6.45) is 0. The molecule has 0 radical (unpaired) electrons. The van der Waals surface area contributed by atoms with Crippen LogP contribution in [0, 0.1) is 0 Å². The summed E-state index contributed by atoms with van der Waals surface area (Å²) in [6, 6.07) is 42.9. The largest absolute Gasteiger partial charge is 0.453 e. The summed E-state index contributed by atoms with van der Waals surface area (Å²) in [5, 5.41) is 3.83. The van der Waals surface area contributed by atoms with Gasteiger partial charge in [0.05, 0.1) is 0 Å². The molecule has 6 nitrogen and oxygen atoms in total. The molecule has 2 aromatic heterocycles. The molecule has 0 N–H and O–H groups in total. The molecule has 2 heterocycles. The highest BCUT2D eigenvalue weighted by atomic mass is 31.1. The maximum Gasteiger partial charge on any atom is 0.453 e. The molecular weight excluding hydrogens is 734 g/mol. The minimum atomic E-state index is -1.96. The van der Waals surface area contributed by atoms with Crippen molar-refractivity contribution in [3.63, 3.8) is 0 Å². The van der Waals surface area contributed by atoms with Crippen molar-refractivity contribution in [1.29, 1.82) is 0 Å². The molecule has 56 heavy (non-hydrogen) atoms. The summed E-state index contributed by atoms with van der Waals surface area (Å²) in [5.41, 5.74) is 7.23. The molecule has 0 amide bonds. The predicted molar refractivity (Wildman–Crippen MR) is 233 cm³/mol. The van der Waals surface area contributed by atoms with Crippen LogP contribution in [0.4, 0.5) is 0 Å². The molecule has 0 saturated carbocycles. The Balaban J connectivity index is 1.42. The van der Waals surface area contributed by atoms with Gasteiger partial charge in [0, 0.05) is 38.2 Å². The maximum absolute atomic E-state index is 7.15. The van der Waals surface area contributed by atoms with Crippen LogP contribution in [0.3, 0.4) is 0 Å². The molecule has 0 spiro atoms. The standard InChI is InChI=1S/C48H48O6P2/c1-46(2,3)31-26-27-44(53-55-49-40-22-14-10-18-33(40)34-19-11-15-23-41(34)50-55)37(28-31)38-29-32(47(4,5)6)30-39(48(7,8)9)45(38)54-56-51-42-24-16-12-20-35(42)36-21-13-17-25-43(36)52-56/h10-30H,1-9H3. The fraction of sp³-hybridized carbons (Fsp3) is 0.250. The quantitative estimate of drug-likeness (QED) is 0.173. The molecule has 0 bridgehead atoms. The van der Waals surface area contributed by atoms with Gasteiger partial charge in [-0.15, -0.1) is 0 Å². The smallest absolute Gasteiger partial charge is 0.390 e. The fourth-order valence-corrected chi connectivity index (χ4v) is 9.04. The molecule has 0 saturated heterocycles. The van der Waals surface area contributed by atoms with Gasteiger partial charge in [-0.05, 0) is 69.8 Å². The van der Waals surface area contributed by atoms with E-state index in [1.807, 2.05) is 91.0 Å². The Kier molecular flexibility index (Phi) is 9.64. The van der Waals surface area contributed by atoms with Crippen molar-refractivity contribution in [3.8, 4) is 22.6 Å². The third-order valence-corrected chi connectivity index (χ3v) is 12.1. The molecule has 6 aromatic carbocycles. The third-order valence-electron chi connectivity index (χ3n) is 10.1. The van der Waals surface area contributed by atoms with Crippen LogP contribution >= 0.6 is 16.5 Å². The second-order valence-electron chi connectivity index (χ2n) is 17.3. The maximum atomic E-state index is 7.15. The molecule has 0 fully saturated rings. The van der Waals surface area contributed by atoms with Crippen LogP contribution in [-0.4, -0.2) is 0 Å². The van der Waals surface area contributed by atoms with Crippen molar-refractivity contribution >= 4 is 60.4 Å². The van der Waals surface area contributed by atoms with Gasteiger partial charge >= 0.3 is 16.5 Å². The average molecular weight is 783 g/mol. The van der Waals surface area contributed by atoms with E-state index in [0.717, 1.165) is 43.8 Å². The van der Waals surface area contributed by atoms with E-state index in [2.05, 4.69) is 98.7 Å². The Morgan fingerprint density at radius 2 is 0.786 bits per heavy atom. The van der Waals surface area contributed by atoms with Crippen LogP contribution in [0.5, 0.6) is 11.5 Å². The van der Waals surface area contributed by atoms with Crippen LogP contribution in [0.1, 0.15) is 79.0 Å². The van der Waals surface area contributed by atoms with E-state index in [1.165, 1.54) is 5.56 Å². The molecule has 0 atom stereocenters. The van der Waals surface area contributed by atoms with Gasteiger partial charge in [-0.1, -0.05) is 147 Å². The lowest BCUT2D eigenvalue weighted by atomic mass is 9.77. The Hall–Kier alpha value is -5.28. The summed E-state index contributed by atoms with van der Waals surface area (Å²) in [5.74, 6) is 1.29. The lowest BCUT2D eigenvalue weighted by molar-refractivity contribution is 0.476. The summed E-state index contributed by atoms with van der Waals surface area (Å²) in [4.78, 5) is 0. The Morgan fingerprint density at radius 1 is 0.393 bits per heavy atom. The molecule has 8 rings (SSSR count). The van der Waals surface area contributed by atoms with Crippen LogP contribution in [0.15, 0.2) is 144 Å². The van der Waals surface area contributed by atoms with E-state index in [-0.39, 0.29) is 16.2 Å². The summed E-state index contributed by atoms with van der Waals surface area (Å²) < 4.78 is 40.5. The van der Waals surface area contributed by atoms with Crippen molar-refractivity contribution in [2.24, 2.45) is 0 Å². The first kappa shape index (κ1) is 37.6. The Labute approximate surface area is 330 Å². The molecule has 0 aliphatic carbocycles. The third kappa shape index (κ3) is 7.49. The van der Waals surface area contributed by atoms with Crippen molar-refractivity contribution in [3.05, 3.63) is 144 Å². The van der Waals surface area contributed by atoms with Crippen molar-refractivity contribution < 1.29 is 25.8 Å². The SMILES string of the molecule is CC(C)(C)c1ccc(Op2oc3ccccc3c3ccccc3o2)c(-c2cc(C(C)(C)C)cc(C(C)(C)C)c2Op2oc3ccccc3c3ccccc3o2)c1. The second-order valence-corrected chi connectivity index (χ2v) is 19.3. The zero-order chi connectivity index (χ0) is 39.4. The van der Waals surface area contributed by atoms with Crippen molar-refractivity contribution in [2.75, 3.05) is 0 Å². The summed E-state index contributed by atoms with van der Waals surface area (Å²) in [7, 11) is -3.89. The number of para-hydroxylation sites is 4. The normalized spacial score (nSPS) is 12.4.